The lowest BCUT2D eigenvalue weighted by Gasteiger charge is -2.19. The Hall–Kier alpha value is -1.36. The van der Waals surface area contributed by atoms with Crippen LogP contribution >= 0.6 is 15.9 Å². The molecule has 0 bridgehead atoms. The Bertz CT molecular complexity index is 542. The Kier molecular flexibility index (Phi) is 5.59. The third kappa shape index (κ3) is 3.82. The highest BCUT2D eigenvalue weighted by Crippen LogP contribution is 2.27. The summed E-state index contributed by atoms with van der Waals surface area (Å²) in [6.07, 6.45) is 0.472. The zero-order valence-corrected chi connectivity index (χ0v) is 12.7. The van der Waals surface area contributed by atoms with Gasteiger partial charge in [-0.1, -0.05) is 46.3 Å². The van der Waals surface area contributed by atoms with Gasteiger partial charge in [0.15, 0.2) is 0 Å². The van der Waals surface area contributed by atoms with Crippen LogP contribution in [-0.2, 0) is 6.42 Å². The fourth-order valence-corrected chi connectivity index (χ4v) is 2.54. The minimum atomic E-state index is -0.186. The Morgan fingerprint density at radius 3 is 2.40 bits per heavy atom. The number of aliphatic hydroxyl groups is 1. The summed E-state index contributed by atoms with van der Waals surface area (Å²) in [5, 5.41) is 8.90. The molecule has 2 aromatic carbocycles. The van der Waals surface area contributed by atoms with Crippen molar-refractivity contribution in [2.45, 2.75) is 12.5 Å². The second-order valence-corrected chi connectivity index (χ2v) is 5.34. The molecule has 0 spiro atoms. The lowest BCUT2D eigenvalue weighted by Crippen LogP contribution is -2.18. The zero-order chi connectivity index (χ0) is 14.4. The molecular formula is C16H18BrNO2. The summed E-state index contributed by atoms with van der Waals surface area (Å²) in [5.41, 5.74) is 7.94. The van der Waals surface area contributed by atoms with E-state index in [4.69, 9.17) is 15.6 Å². The molecule has 0 fully saturated rings. The summed E-state index contributed by atoms with van der Waals surface area (Å²) in [4.78, 5) is 0. The van der Waals surface area contributed by atoms with Gasteiger partial charge in [-0.05, 0) is 30.2 Å². The van der Waals surface area contributed by atoms with Crippen LogP contribution in [0.3, 0.4) is 0 Å². The molecule has 3 nitrogen and oxygen atoms in total. The monoisotopic (exact) mass is 335 g/mol. The molecule has 106 valence electrons. The lowest BCUT2D eigenvalue weighted by atomic mass is 10.1. The van der Waals surface area contributed by atoms with Gasteiger partial charge in [0.1, 0.15) is 11.9 Å². The maximum atomic E-state index is 8.90. The Balaban J connectivity index is 2.12. The van der Waals surface area contributed by atoms with E-state index in [9.17, 15) is 0 Å². The van der Waals surface area contributed by atoms with E-state index in [1.807, 2.05) is 48.5 Å². The predicted molar refractivity (Wildman–Crippen MR) is 83.8 cm³/mol. The van der Waals surface area contributed by atoms with Crippen molar-refractivity contribution in [2.24, 2.45) is 5.73 Å². The summed E-state index contributed by atoms with van der Waals surface area (Å²) in [6, 6.07) is 15.6. The summed E-state index contributed by atoms with van der Waals surface area (Å²) < 4.78 is 6.94. The van der Waals surface area contributed by atoms with E-state index in [0.29, 0.717) is 13.0 Å². The first-order valence-electron chi connectivity index (χ1n) is 6.55. The SMILES string of the molecule is NCC(Oc1ccc(CCO)cc1)c1ccccc1Br. The van der Waals surface area contributed by atoms with Crippen molar-refractivity contribution >= 4 is 15.9 Å². The third-order valence-corrected chi connectivity index (χ3v) is 3.79. The van der Waals surface area contributed by atoms with E-state index in [1.54, 1.807) is 0 Å². The van der Waals surface area contributed by atoms with Crippen LogP contribution in [0.2, 0.25) is 0 Å². The maximum Gasteiger partial charge on any atom is 0.137 e. The summed E-state index contributed by atoms with van der Waals surface area (Å²) >= 11 is 3.52. The fraction of sp³-hybridized carbons (Fsp3) is 0.250. The highest BCUT2D eigenvalue weighted by atomic mass is 79.9. The Morgan fingerprint density at radius 2 is 1.80 bits per heavy atom. The van der Waals surface area contributed by atoms with Gasteiger partial charge >= 0.3 is 0 Å². The van der Waals surface area contributed by atoms with Gasteiger partial charge in [-0.2, -0.15) is 0 Å². The Labute approximate surface area is 127 Å². The van der Waals surface area contributed by atoms with Crippen molar-refractivity contribution in [2.75, 3.05) is 13.2 Å². The molecule has 0 aromatic heterocycles. The number of rotatable bonds is 6. The number of hydrogen-bond acceptors (Lipinski definition) is 3. The second kappa shape index (κ2) is 7.43. The molecule has 1 atom stereocenters. The van der Waals surface area contributed by atoms with Gasteiger partial charge in [0.25, 0.3) is 0 Å². The van der Waals surface area contributed by atoms with Crippen molar-refractivity contribution in [1.29, 1.82) is 0 Å². The number of halogens is 1. The summed E-state index contributed by atoms with van der Waals surface area (Å²) in [6.45, 7) is 0.559. The van der Waals surface area contributed by atoms with Crippen LogP contribution in [0.4, 0.5) is 0 Å². The normalized spacial score (nSPS) is 12.2. The number of benzene rings is 2. The van der Waals surface area contributed by atoms with E-state index in [0.717, 1.165) is 21.3 Å². The van der Waals surface area contributed by atoms with Gasteiger partial charge in [-0.15, -0.1) is 0 Å². The molecule has 0 heterocycles. The first kappa shape index (κ1) is 15.0. The van der Waals surface area contributed by atoms with Crippen molar-refractivity contribution in [1.82, 2.24) is 0 Å². The molecule has 0 aliphatic rings. The summed E-state index contributed by atoms with van der Waals surface area (Å²) in [7, 11) is 0. The third-order valence-electron chi connectivity index (χ3n) is 3.07. The molecule has 0 aliphatic heterocycles. The van der Waals surface area contributed by atoms with Crippen molar-refractivity contribution in [3.8, 4) is 5.75 Å². The van der Waals surface area contributed by atoms with E-state index < -0.39 is 0 Å². The van der Waals surface area contributed by atoms with Crippen LogP contribution in [0.5, 0.6) is 5.75 Å². The molecule has 0 aliphatic carbocycles. The van der Waals surface area contributed by atoms with Crippen LogP contribution < -0.4 is 10.5 Å². The van der Waals surface area contributed by atoms with E-state index in [1.165, 1.54) is 0 Å². The molecule has 0 amide bonds. The highest BCUT2D eigenvalue weighted by Gasteiger charge is 2.14. The van der Waals surface area contributed by atoms with Crippen LogP contribution in [-0.4, -0.2) is 18.3 Å². The topological polar surface area (TPSA) is 55.5 Å². The molecule has 0 radical (unpaired) electrons. The van der Waals surface area contributed by atoms with Crippen molar-refractivity contribution in [3.63, 3.8) is 0 Å². The van der Waals surface area contributed by atoms with E-state index >= 15 is 0 Å². The minimum absolute atomic E-state index is 0.155. The van der Waals surface area contributed by atoms with Gasteiger partial charge in [-0.3, -0.25) is 0 Å². The quantitative estimate of drug-likeness (QED) is 0.852. The largest absolute Gasteiger partial charge is 0.484 e. The lowest BCUT2D eigenvalue weighted by molar-refractivity contribution is 0.213. The molecule has 4 heteroatoms. The van der Waals surface area contributed by atoms with Crippen LogP contribution in [0, 0.1) is 0 Å². The van der Waals surface area contributed by atoms with E-state index in [2.05, 4.69) is 15.9 Å². The van der Waals surface area contributed by atoms with E-state index in [-0.39, 0.29) is 12.7 Å². The first-order valence-corrected chi connectivity index (χ1v) is 7.35. The second-order valence-electron chi connectivity index (χ2n) is 4.48. The molecule has 2 rings (SSSR count). The highest BCUT2D eigenvalue weighted by molar-refractivity contribution is 9.10. The number of hydrogen-bond donors (Lipinski definition) is 2. The molecule has 1 unspecified atom stereocenters. The van der Waals surface area contributed by atoms with Crippen LogP contribution in [0.15, 0.2) is 53.0 Å². The maximum absolute atomic E-state index is 8.90. The van der Waals surface area contributed by atoms with Crippen LogP contribution in [0.1, 0.15) is 17.2 Å². The molecule has 0 saturated heterocycles. The fourth-order valence-electron chi connectivity index (χ4n) is 2.00. The zero-order valence-electron chi connectivity index (χ0n) is 11.1. The number of nitrogens with two attached hydrogens (primary N) is 1. The van der Waals surface area contributed by atoms with Gasteiger partial charge in [0.05, 0.1) is 0 Å². The molecule has 2 aromatic rings. The standard InChI is InChI=1S/C16H18BrNO2/c17-15-4-2-1-3-14(15)16(11-18)20-13-7-5-12(6-8-13)9-10-19/h1-8,16,19H,9-11,18H2. The molecular weight excluding hydrogens is 318 g/mol. The molecule has 0 saturated carbocycles. The molecule has 3 N–H and O–H groups in total. The van der Waals surface area contributed by atoms with Gasteiger partial charge in [-0.25, -0.2) is 0 Å². The first-order chi connectivity index (χ1) is 9.74. The Morgan fingerprint density at radius 1 is 1.10 bits per heavy atom. The van der Waals surface area contributed by atoms with Crippen molar-refractivity contribution < 1.29 is 9.84 Å². The molecule has 20 heavy (non-hydrogen) atoms. The number of aliphatic hydroxyl groups excluding tert-OH is 1. The van der Waals surface area contributed by atoms with Gasteiger partial charge < -0.3 is 15.6 Å². The van der Waals surface area contributed by atoms with Crippen molar-refractivity contribution in [3.05, 3.63) is 64.1 Å². The average molecular weight is 336 g/mol. The minimum Gasteiger partial charge on any atom is -0.484 e. The number of ether oxygens (including phenoxy) is 1. The average Bonchev–Trinajstić information content (AvgIpc) is 2.48. The van der Waals surface area contributed by atoms with Crippen LogP contribution in [0.25, 0.3) is 0 Å². The predicted octanol–water partition coefficient (Wildman–Crippen LogP) is 3.06. The van der Waals surface area contributed by atoms with Gasteiger partial charge in [0, 0.05) is 23.2 Å². The smallest absolute Gasteiger partial charge is 0.137 e. The van der Waals surface area contributed by atoms with Gasteiger partial charge in [0.2, 0.25) is 0 Å². The summed E-state index contributed by atoms with van der Waals surface area (Å²) in [5.74, 6) is 0.776.